The first-order chi connectivity index (χ1) is 10.7. The van der Waals surface area contributed by atoms with Crippen LogP contribution in [0, 0.1) is 25.2 Å². The molecule has 3 rings (SSSR count). The summed E-state index contributed by atoms with van der Waals surface area (Å²) in [5.74, 6) is 1.23. The Morgan fingerprint density at radius 2 is 2.22 bits per heavy atom. The number of rotatable bonds is 3. The molecular weight excluding hydrogens is 318 g/mol. The Hall–Kier alpha value is -1.57. The second-order valence-corrected chi connectivity index (χ2v) is 9.18. The van der Waals surface area contributed by atoms with E-state index in [1.165, 1.54) is 0 Å². The maximum absolute atomic E-state index is 12.3. The molecule has 2 saturated heterocycles. The van der Waals surface area contributed by atoms with Gasteiger partial charge in [-0.1, -0.05) is 12.1 Å². The van der Waals surface area contributed by atoms with Gasteiger partial charge in [0.25, 0.3) is 0 Å². The average molecular weight is 341 g/mol. The van der Waals surface area contributed by atoms with Gasteiger partial charge >= 0.3 is 6.03 Å². The smallest absolute Gasteiger partial charge is 0.317 e. The number of nitrogens with zero attached hydrogens (tertiary/aromatic N) is 2. The van der Waals surface area contributed by atoms with Gasteiger partial charge in [-0.3, -0.25) is 0 Å². The third kappa shape index (κ3) is 3.08. The highest BCUT2D eigenvalue weighted by Crippen LogP contribution is 2.43. The normalized spacial score (nSPS) is 28.8. The Bertz CT molecular complexity index is 708. The van der Waals surface area contributed by atoms with Gasteiger partial charge < -0.3 is 14.7 Å². The lowest BCUT2D eigenvalue weighted by atomic mass is 9.84. The predicted octanol–water partition coefficient (Wildman–Crippen LogP) is 0.910. The molecule has 0 aromatic carbocycles. The lowest BCUT2D eigenvalue weighted by Crippen LogP contribution is -2.41. The lowest BCUT2D eigenvalue weighted by Gasteiger charge is -2.22. The second kappa shape index (κ2) is 5.51. The highest BCUT2D eigenvalue weighted by atomic mass is 32.2. The Morgan fingerprint density at radius 1 is 1.48 bits per heavy atom. The number of carbonyl (C=O) groups excluding carboxylic acids is 1. The first-order valence-corrected chi connectivity index (χ1v) is 9.67. The molecule has 3 heterocycles. The summed E-state index contributed by atoms with van der Waals surface area (Å²) in [6.45, 7) is 7.26. The Labute approximate surface area is 136 Å². The number of amides is 2. The zero-order valence-electron chi connectivity index (χ0n) is 13.8. The van der Waals surface area contributed by atoms with Gasteiger partial charge in [0, 0.05) is 30.6 Å². The number of hydrogen-bond donors (Lipinski definition) is 1. The number of likely N-dealkylation sites (tertiary alicyclic amines) is 1. The molecule has 2 aliphatic heterocycles. The molecule has 2 amide bonds. The van der Waals surface area contributed by atoms with Crippen molar-refractivity contribution in [2.24, 2.45) is 11.3 Å². The summed E-state index contributed by atoms with van der Waals surface area (Å²) in [6, 6.07) is -0.121. The van der Waals surface area contributed by atoms with Crippen LogP contribution in [0.3, 0.4) is 0 Å². The zero-order valence-corrected chi connectivity index (χ0v) is 14.6. The molecule has 2 atom stereocenters. The molecule has 23 heavy (non-hydrogen) atoms. The van der Waals surface area contributed by atoms with Crippen LogP contribution in [-0.2, 0) is 16.3 Å². The van der Waals surface area contributed by atoms with Crippen molar-refractivity contribution < 1.29 is 17.7 Å². The first-order valence-electron chi connectivity index (χ1n) is 7.85. The zero-order chi connectivity index (χ0) is 16.8. The molecule has 1 N–H and O–H groups in total. The van der Waals surface area contributed by atoms with Crippen molar-refractivity contribution in [1.29, 1.82) is 0 Å². The largest absolute Gasteiger partial charge is 0.361 e. The maximum Gasteiger partial charge on any atom is 0.317 e. The van der Waals surface area contributed by atoms with E-state index in [-0.39, 0.29) is 28.9 Å². The van der Waals surface area contributed by atoms with Crippen LogP contribution in [0.1, 0.15) is 23.9 Å². The average Bonchev–Trinajstić information content (AvgIpc) is 2.98. The van der Waals surface area contributed by atoms with Gasteiger partial charge in [0.1, 0.15) is 5.76 Å². The van der Waals surface area contributed by atoms with Crippen LogP contribution in [0.25, 0.3) is 0 Å². The van der Waals surface area contributed by atoms with Gasteiger partial charge in [-0.05, 0) is 26.2 Å². The second-order valence-electron chi connectivity index (χ2n) is 7.07. The minimum atomic E-state index is -2.94. The lowest BCUT2D eigenvalue weighted by molar-refractivity contribution is 0.203. The van der Waals surface area contributed by atoms with Gasteiger partial charge in [0.15, 0.2) is 9.84 Å². The third-order valence-electron chi connectivity index (χ3n) is 5.10. The van der Waals surface area contributed by atoms with E-state index in [0.717, 1.165) is 17.0 Å². The molecule has 128 valence electrons. The molecule has 0 aliphatic carbocycles. The van der Waals surface area contributed by atoms with Gasteiger partial charge in [-0.2, -0.15) is 0 Å². The van der Waals surface area contributed by atoms with Crippen molar-refractivity contribution in [3.63, 3.8) is 0 Å². The van der Waals surface area contributed by atoms with Crippen LogP contribution in [0.2, 0.25) is 0 Å². The summed E-state index contributed by atoms with van der Waals surface area (Å²) in [6.07, 6.45) is 0.676. The monoisotopic (exact) mass is 341 g/mol. The summed E-state index contributed by atoms with van der Waals surface area (Å²) in [7, 11) is -2.94. The maximum atomic E-state index is 12.3. The van der Waals surface area contributed by atoms with Gasteiger partial charge in [-0.25, -0.2) is 13.2 Å². The summed E-state index contributed by atoms with van der Waals surface area (Å²) in [5.41, 5.74) is 1.59. The fourth-order valence-corrected chi connectivity index (χ4v) is 6.39. The summed E-state index contributed by atoms with van der Waals surface area (Å²) >= 11 is 0. The topological polar surface area (TPSA) is 92.5 Å². The first kappa shape index (κ1) is 16.3. The van der Waals surface area contributed by atoms with Crippen LogP contribution in [0.4, 0.5) is 4.79 Å². The van der Waals surface area contributed by atoms with E-state index in [1.807, 2.05) is 20.8 Å². The van der Waals surface area contributed by atoms with Crippen molar-refractivity contribution in [3.05, 3.63) is 17.0 Å². The summed E-state index contributed by atoms with van der Waals surface area (Å²) in [4.78, 5) is 14.0. The highest BCUT2D eigenvalue weighted by Gasteiger charge is 2.53. The fourth-order valence-electron chi connectivity index (χ4n) is 3.82. The minimum Gasteiger partial charge on any atom is -0.361 e. The molecule has 0 unspecified atom stereocenters. The molecule has 2 aliphatic rings. The standard InChI is InChI=1S/C15H23N3O4S/c1-10-13(11(2)22-17-10)4-5-16-14(19)18-6-12-7-23(20,21)9-15(12,3)8-18/h12H,4-9H2,1-3H3,(H,16,19)/t12-,15+/m1/s1. The number of carbonyl (C=O) groups is 1. The number of urea groups is 1. The quantitative estimate of drug-likeness (QED) is 0.882. The van der Waals surface area contributed by atoms with E-state index in [2.05, 4.69) is 10.5 Å². The van der Waals surface area contributed by atoms with Crippen molar-refractivity contribution in [1.82, 2.24) is 15.4 Å². The molecule has 0 radical (unpaired) electrons. The van der Waals surface area contributed by atoms with Crippen LogP contribution < -0.4 is 5.32 Å². The van der Waals surface area contributed by atoms with Crippen LogP contribution in [-0.4, -0.2) is 55.6 Å². The SMILES string of the molecule is Cc1noc(C)c1CCNC(=O)N1C[C@@H]2CS(=O)(=O)C[C@]2(C)C1. The van der Waals surface area contributed by atoms with Crippen LogP contribution in [0.5, 0.6) is 0 Å². The van der Waals surface area contributed by atoms with Gasteiger partial charge in [-0.15, -0.1) is 0 Å². The number of fused-ring (bicyclic) bond motifs is 1. The minimum absolute atomic E-state index is 0.0563. The Balaban J connectivity index is 1.53. The molecule has 8 heteroatoms. The van der Waals surface area contributed by atoms with E-state index >= 15 is 0 Å². The van der Waals surface area contributed by atoms with Crippen molar-refractivity contribution in [2.45, 2.75) is 27.2 Å². The molecule has 2 fully saturated rings. The van der Waals surface area contributed by atoms with Gasteiger partial charge in [0.05, 0.1) is 17.2 Å². The van der Waals surface area contributed by atoms with Gasteiger partial charge in [0.2, 0.25) is 0 Å². The van der Waals surface area contributed by atoms with Crippen molar-refractivity contribution in [3.8, 4) is 0 Å². The highest BCUT2D eigenvalue weighted by molar-refractivity contribution is 7.91. The van der Waals surface area contributed by atoms with Crippen LogP contribution >= 0.6 is 0 Å². The molecular formula is C15H23N3O4S. The number of aryl methyl sites for hydroxylation is 2. The van der Waals surface area contributed by atoms with E-state index in [9.17, 15) is 13.2 Å². The third-order valence-corrected chi connectivity index (χ3v) is 7.11. The van der Waals surface area contributed by atoms with Crippen molar-refractivity contribution in [2.75, 3.05) is 31.1 Å². The Morgan fingerprint density at radius 3 is 2.83 bits per heavy atom. The molecule has 0 saturated carbocycles. The van der Waals surface area contributed by atoms with Crippen LogP contribution in [0.15, 0.2) is 4.52 Å². The number of aromatic nitrogens is 1. The molecule has 7 nitrogen and oxygen atoms in total. The van der Waals surface area contributed by atoms with E-state index in [4.69, 9.17) is 4.52 Å². The molecule has 1 aromatic rings. The van der Waals surface area contributed by atoms with E-state index in [0.29, 0.717) is 26.1 Å². The molecule has 0 bridgehead atoms. The fraction of sp³-hybridized carbons (Fsp3) is 0.733. The number of nitrogens with one attached hydrogen (secondary N) is 1. The number of hydrogen-bond acceptors (Lipinski definition) is 5. The van der Waals surface area contributed by atoms with Crippen molar-refractivity contribution >= 4 is 15.9 Å². The van der Waals surface area contributed by atoms with E-state index in [1.54, 1.807) is 4.90 Å². The number of sulfone groups is 1. The molecule has 1 aromatic heterocycles. The predicted molar refractivity (Wildman–Crippen MR) is 84.9 cm³/mol. The Kier molecular flexibility index (Phi) is 3.90. The summed E-state index contributed by atoms with van der Waals surface area (Å²) < 4.78 is 28.6. The van der Waals surface area contributed by atoms with E-state index < -0.39 is 9.84 Å². The summed E-state index contributed by atoms with van der Waals surface area (Å²) in [5, 5.41) is 6.81. The molecule has 0 spiro atoms.